The molecule has 5 nitrogen and oxygen atoms in total. The molecule has 0 unspecified atom stereocenters. The number of likely N-dealkylation sites (tertiary alicyclic amines) is 1. The van der Waals surface area contributed by atoms with Crippen molar-refractivity contribution in [1.82, 2.24) is 14.5 Å². The zero-order valence-electron chi connectivity index (χ0n) is 17.2. The van der Waals surface area contributed by atoms with Crippen LogP contribution in [0.2, 0.25) is 0 Å². The van der Waals surface area contributed by atoms with Crippen LogP contribution >= 0.6 is 0 Å². The Morgan fingerprint density at radius 3 is 2.77 bits per heavy atom. The van der Waals surface area contributed by atoms with Crippen molar-refractivity contribution >= 4 is 33.4 Å². The molecule has 0 aliphatic carbocycles. The number of hydrogen-bond acceptors (Lipinski definition) is 3. The maximum Gasteiger partial charge on any atom is 0.228 e. The van der Waals surface area contributed by atoms with E-state index >= 15 is 0 Å². The Morgan fingerprint density at radius 2 is 1.87 bits per heavy atom. The maximum atomic E-state index is 13.1. The van der Waals surface area contributed by atoms with Gasteiger partial charge in [0.1, 0.15) is 5.82 Å². The molecule has 5 heteroatoms. The second-order valence-corrected chi connectivity index (χ2v) is 8.17. The summed E-state index contributed by atoms with van der Waals surface area (Å²) in [6, 6.07) is 22.4. The minimum Gasteiger partial charge on any atom is -0.330 e. The summed E-state index contributed by atoms with van der Waals surface area (Å²) in [4.78, 5) is 20.2. The van der Waals surface area contributed by atoms with Gasteiger partial charge in [-0.1, -0.05) is 48.5 Å². The number of fused-ring (bicyclic) bond motifs is 2. The van der Waals surface area contributed by atoms with Crippen molar-refractivity contribution in [3.05, 3.63) is 72.6 Å². The highest BCUT2D eigenvalue weighted by Gasteiger charge is 2.27. The Balaban J connectivity index is 1.30. The van der Waals surface area contributed by atoms with Gasteiger partial charge in [-0.3, -0.25) is 9.69 Å². The van der Waals surface area contributed by atoms with Gasteiger partial charge in [0.2, 0.25) is 5.91 Å². The Kier molecular flexibility index (Phi) is 4.97. The Hall–Kier alpha value is -3.18. The van der Waals surface area contributed by atoms with Crippen molar-refractivity contribution in [2.75, 3.05) is 18.4 Å². The number of amides is 1. The van der Waals surface area contributed by atoms with Gasteiger partial charge in [-0.2, -0.15) is 0 Å². The molecule has 4 aromatic rings. The summed E-state index contributed by atoms with van der Waals surface area (Å²) in [6.07, 6.45) is 1.95. The molecule has 1 amide bonds. The van der Waals surface area contributed by atoms with Crippen molar-refractivity contribution in [3.63, 3.8) is 0 Å². The van der Waals surface area contributed by atoms with Gasteiger partial charge in [-0.05, 0) is 43.0 Å². The average Bonchev–Trinajstić information content (AvgIpc) is 3.09. The van der Waals surface area contributed by atoms with Gasteiger partial charge in [0, 0.05) is 24.7 Å². The molecular formula is C25H26N4O. The van der Waals surface area contributed by atoms with E-state index in [9.17, 15) is 4.79 Å². The van der Waals surface area contributed by atoms with Gasteiger partial charge in [0.15, 0.2) is 0 Å². The molecule has 0 radical (unpaired) electrons. The third kappa shape index (κ3) is 3.57. The first-order chi connectivity index (χ1) is 14.7. The summed E-state index contributed by atoms with van der Waals surface area (Å²) in [5.74, 6) is 1.15. The van der Waals surface area contributed by atoms with Crippen molar-refractivity contribution in [1.29, 1.82) is 0 Å². The summed E-state index contributed by atoms with van der Waals surface area (Å²) in [7, 11) is 2.07. The normalized spacial score (nSPS) is 17.4. The minimum atomic E-state index is -0.00703. The number of nitrogens with one attached hydrogen (secondary N) is 1. The number of rotatable bonds is 4. The number of para-hydroxylation sites is 2. The van der Waals surface area contributed by atoms with E-state index in [2.05, 4.69) is 52.2 Å². The third-order valence-corrected chi connectivity index (χ3v) is 6.17. The molecule has 1 saturated heterocycles. The van der Waals surface area contributed by atoms with E-state index in [-0.39, 0.29) is 11.8 Å². The van der Waals surface area contributed by atoms with Crippen LogP contribution in [0.4, 0.5) is 5.69 Å². The Labute approximate surface area is 176 Å². The summed E-state index contributed by atoms with van der Waals surface area (Å²) < 4.78 is 2.16. The number of benzene rings is 3. The van der Waals surface area contributed by atoms with Gasteiger partial charge in [-0.25, -0.2) is 4.98 Å². The van der Waals surface area contributed by atoms with Crippen LogP contribution in [0.1, 0.15) is 18.7 Å². The predicted octanol–water partition coefficient (Wildman–Crippen LogP) is 4.58. The summed E-state index contributed by atoms with van der Waals surface area (Å²) in [5, 5.41) is 5.41. The van der Waals surface area contributed by atoms with E-state index in [0.717, 1.165) is 65.8 Å². The molecule has 3 aromatic carbocycles. The topological polar surface area (TPSA) is 50.2 Å². The fraction of sp³-hybridized carbons (Fsp3) is 0.280. The number of aromatic nitrogens is 2. The van der Waals surface area contributed by atoms with Gasteiger partial charge in [0.25, 0.3) is 0 Å². The number of anilines is 1. The van der Waals surface area contributed by atoms with Gasteiger partial charge >= 0.3 is 0 Å². The quantitative estimate of drug-likeness (QED) is 0.548. The van der Waals surface area contributed by atoms with E-state index in [1.807, 2.05) is 36.4 Å². The molecule has 0 spiro atoms. The highest BCUT2D eigenvalue weighted by atomic mass is 16.1. The van der Waals surface area contributed by atoms with Crippen LogP contribution in [0.5, 0.6) is 0 Å². The van der Waals surface area contributed by atoms with Crippen molar-refractivity contribution in [2.24, 2.45) is 13.0 Å². The van der Waals surface area contributed by atoms with Gasteiger partial charge in [0.05, 0.1) is 23.5 Å². The van der Waals surface area contributed by atoms with Gasteiger partial charge < -0.3 is 9.88 Å². The lowest BCUT2D eigenvalue weighted by molar-refractivity contribution is -0.121. The standard InChI is InChI=1S/C25H26N4O/c1-28-23-14-5-4-12-22(23)26-24(28)17-29-15-7-10-19(16-29)25(30)27-21-13-6-9-18-8-2-3-11-20(18)21/h2-6,8-9,11-14,19H,7,10,15-17H2,1H3,(H,27,30)/t19-/m0/s1. The molecule has 0 bridgehead atoms. The summed E-state index contributed by atoms with van der Waals surface area (Å²) in [6.45, 7) is 2.53. The summed E-state index contributed by atoms with van der Waals surface area (Å²) in [5.41, 5.74) is 3.07. The number of piperidine rings is 1. The van der Waals surface area contributed by atoms with E-state index < -0.39 is 0 Å². The SMILES string of the molecule is Cn1c(CN2CCC[C@H](C(=O)Nc3cccc4ccccc34)C2)nc2ccccc21. The van der Waals surface area contributed by atoms with Crippen LogP contribution in [-0.4, -0.2) is 33.4 Å². The van der Waals surface area contributed by atoms with Crippen LogP contribution in [0.15, 0.2) is 66.7 Å². The number of carbonyl (C=O) groups is 1. The molecule has 1 aromatic heterocycles. The smallest absolute Gasteiger partial charge is 0.228 e. The van der Waals surface area contributed by atoms with Crippen molar-refractivity contribution in [2.45, 2.75) is 19.4 Å². The van der Waals surface area contributed by atoms with Crippen LogP contribution in [0.3, 0.4) is 0 Å². The highest BCUT2D eigenvalue weighted by molar-refractivity contribution is 6.02. The lowest BCUT2D eigenvalue weighted by Gasteiger charge is -2.31. The first-order valence-electron chi connectivity index (χ1n) is 10.6. The largest absolute Gasteiger partial charge is 0.330 e. The molecule has 1 N–H and O–H groups in total. The Bertz CT molecular complexity index is 1210. The average molecular weight is 399 g/mol. The van der Waals surface area contributed by atoms with Crippen LogP contribution in [-0.2, 0) is 18.4 Å². The lowest BCUT2D eigenvalue weighted by Crippen LogP contribution is -2.40. The number of carbonyl (C=O) groups excluding carboxylic acids is 1. The second-order valence-electron chi connectivity index (χ2n) is 8.17. The fourth-order valence-corrected chi connectivity index (χ4v) is 4.52. The van der Waals surface area contributed by atoms with Crippen LogP contribution in [0.25, 0.3) is 21.8 Å². The third-order valence-electron chi connectivity index (χ3n) is 6.17. The van der Waals surface area contributed by atoms with Crippen molar-refractivity contribution in [3.8, 4) is 0 Å². The lowest BCUT2D eigenvalue weighted by atomic mass is 9.96. The molecule has 30 heavy (non-hydrogen) atoms. The van der Waals surface area contributed by atoms with Gasteiger partial charge in [-0.15, -0.1) is 0 Å². The number of imidazole rings is 1. The Morgan fingerprint density at radius 1 is 1.07 bits per heavy atom. The molecular weight excluding hydrogens is 372 g/mol. The van der Waals surface area contributed by atoms with E-state index in [4.69, 9.17) is 4.98 Å². The summed E-state index contributed by atoms with van der Waals surface area (Å²) >= 11 is 0. The zero-order chi connectivity index (χ0) is 20.5. The second kappa shape index (κ2) is 7.92. The van der Waals surface area contributed by atoms with Crippen LogP contribution in [0, 0.1) is 5.92 Å². The fourth-order valence-electron chi connectivity index (χ4n) is 4.52. The monoisotopic (exact) mass is 398 g/mol. The first-order valence-corrected chi connectivity index (χ1v) is 10.6. The highest BCUT2D eigenvalue weighted by Crippen LogP contribution is 2.26. The molecule has 1 aliphatic rings. The van der Waals surface area contributed by atoms with Crippen LogP contribution < -0.4 is 5.32 Å². The van der Waals surface area contributed by atoms with E-state index in [1.165, 1.54) is 0 Å². The minimum absolute atomic E-state index is 0.00703. The molecule has 1 aliphatic heterocycles. The first kappa shape index (κ1) is 18.8. The molecule has 1 fully saturated rings. The molecule has 152 valence electrons. The zero-order valence-corrected chi connectivity index (χ0v) is 17.2. The van der Waals surface area contributed by atoms with E-state index in [0.29, 0.717) is 0 Å². The number of hydrogen-bond donors (Lipinski definition) is 1. The predicted molar refractivity (Wildman–Crippen MR) is 121 cm³/mol. The molecule has 2 heterocycles. The molecule has 1 atom stereocenters. The van der Waals surface area contributed by atoms with Crippen molar-refractivity contribution < 1.29 is 4.79 Å². The number of nitrogens with zero attached hydrogens (tertiary/aromatic N) is 3. The maximum absolute atomic E-state index is 13.1. The molecule has 0 saturated carbocycles. The van der Waals surface area contributed by atoms with E-state index in [1.54, 1.807) is 0 Å². The molecule has 5 rings (SSSR count). The number of aryl methyl sites for hydroxylation is 1.